The summed E-state index contributed by atoms with van der Waals surface area (Å²) in [7, 11) is 0. The average molecular weight is 330 g/mol. The summed E-state index contributed by atoms with van der Waals surface area (Å²) in [5.41, 5.74) is -0.511. The van der Waals surface area contributed by atoms with Gasteiger partial charge in [0.2, 0.25) is 0 Å². The molecule has 23 heavy (non-hydrogen) atoms. The number of benzene rings is 1. The van der Waals surface area contributed by atoms with Gasteiger partial charge in [-0.05, 0) is 37.8 Å². The number of carbonyl (C=O) groups is 1. The van der Waals surface area contributed by atoms with Crippen LogP contribution in [0.2, 0.25) is 0 Å². The van der Waals surface area contributed by atoms with E-state index >= 15 is 0 Å². The fourth-order valence-electron chi connectivity index (χ4n) is 2.94. The van der Waals surface area contributed by atoms with Crippen LogP contribution in [0.15, 0.2) is 24.3 Å². The molecule has 1 aliphatic rings. The van der Waals surface area contributed by atoms with Crippen LogP contribution in [0.4, 0.5) is 18.0 Å². The lowest BCUT2D eigenvalue weighted by molar-refractivity contribution is -0.138. The summed E-state index contributed by atoms with van der Waals surface area (Å²) in [5.74, 6) is 0. The number of nitrogens with one attached hydrogen (secondary N) is 1. The van der Waals surface area contributed by atoms with Gasteiger partial charge in [-0.25, -0.2) is 4.79 Å². The number of aliphatic hydroxyl groups is 1. The maximum atomic E-state index is 13.0. The van der Waals surface area contributed by atoms with Crippen LogP contribution < -0.4 is 5.32 Å². The summed E-state index contributed by atoms with van der Waals surface area (Å²) in [6.07, 6.45) is -2.74. The van der Waals surface area contributed by atoms with Gasteiger partial charge in [0.1, 0.15) is 0 Å². The summed E-state index contributed by atoms with van der Waals surface area (Å²) in [5, 5.41) is 12.0. The van der Waals surface area contributed by atoms with E-state index in [0.29, 0.717) is 6.54 Å². The Kier molecular flexibility index (Phi) is 5.51. The Bertz CT molecular complexity index is 548. The number of aliphatic hydroxyl groups excluding tert-OH is 1. The molecule has 4 nitrogen and oxygen atoms in total. The maximum Gasteiger partial charge on any atom is 0.416 e. The minimum atomic E-state index is -4.41. The zero-order chi connectivity index (χ0) is 17.0. The summed E-state index contributed by atoms with van der Waals surface area (Å²) >= 11 is 0. The number of alkyl halides is 3. The molecule has 1 aromatic carbocycles. The van der Waals surface area contributed by atoms with E-state index in [-0.39, 0.29) is 30.7 Å². The van der Waals surface area contributed by atoms with Crippen molar-refractivity contribution in [2.75, 3.05) is 13.2 Å². The first-order valence-corrected chi connectivity index (χ1v) is 7.66. The Morgan fingerprint density at radius 3 is 2.78 bits per heavy atom. The zero-order valence-electron chi connectivity index (χ0n) is 12.9. The molecule has 0 aromatic heterocycles. The van der Waals surface area contributed by atoms with Crippen molar-refractivity contribution in [2.45, 2.75) is 44.4 Å². The summed E-state index contributed by atoms with van der Waals surface area (Å²) in [4.78, 5) is 13.7. The molecule has 0 bridgehead atoms. The van der Waals surface area contributed by atoms with E-state index in [0.717, 1.165) is 18.9 Å². The van der Waals surface area contributed by atoms with Crippen LogP contribution in [0.3, 0.4) is 0 Å². The minimum Gasteiger partial charge on any atom is -0.394 e. The molecular formula is C16H21F3N2O2. The number of amides is 2. The second-order valence-corrected chi connectivity index (χ2v) is 5.88. The highest BCUT2D eigenvalue weighted by atomic mass is 19.4. The van der Waals surface area contributed by atoms with Crippen LogP contribution in [-0.2, 0) is 12.6 Å². The third-order valence-electron chi connectivity index (χ3n) is 4.07. The number of likely N-dealkylation sites (tertiary alicyclic amines) is 1. The molecule has 1 aromatic rings. The number of rotatable bonds is 4. The Morgan fingerprint density at radius 2 is 2.13 bits per heavy atom. The molecule has 2 N–H and O–H groups in total. The van der Waals surface area contributed by atoms with E-state index < -0.39 is 17.8 Å². The Balaban J connectivity index is 2.00. The largest absolute Gasteiger partial charge is 0.416 e. The first-order valence-electron chi connectivity index (χ1n) is 7.66. The van der Waals surface area contributed by atoms with E-state index in [1.807, 2.05) is 0 Å². The molecule has 0 aliphatic carbocycles. The van der Waals surface area contributed by atoms with Crippen molar-refractivity contribution in [3.63, 3.8) is 0 Å². The molecule has 1 heterocycles. The second kappa shape index (κ2) is 7.21. The van der Waals surface area contributed by atoms with Gasteiger partial charge in [-0.1, -0.05) is 18.2 Å². The molecule has 0 saturated carbocycles. The lowest BCUT2D eigenvalue weighted by atomic mass is 10.0. The van der Waals surface area contributed by atoms with Crippen molar-refractivity contribution in [1.82, 2.24) is 10.2 Å². The normalized spacial score (nSPS) is 19.7. The molecule has 1 aliphatic heterocycles. The van der Waals surface area contributed by atoms with Crippen molar-refractivity contribution < 1.29 is 23.1 Å². The summed E-state index contributed by atoms with van der Waals surface area (Å²) < 4.78 is 38.9. The topological polar surface area (TPSA) is 52.6 Å². The lowest BCUT2D eigenvalue weighted by Crippen LogP contribution is -2.47. The van der Waals surface area contributed by atoms with Gasteiger partial charge in [-0.3, -0.25) is 0 Å². The average Bonchev–Trinajstić information content (AvgIpc) is 2.95. The highest BCUT2D eigenvalue weighted by Gasteiger charge is 2.33. The van der Waals surface area contributed by atoms with E-state index in [1.54, 1.807) is 17.9 Å². The Hall–Kier alpha value is -1.76. The summed E-state index contributed by atoms with van der Waals surface area (Å²) in [6, 6.07) is 4.41. The smallest absolute Gasteiger partial charge is 0.394 e. The zero-order valence-corrected chi connectivity index (χ0v) is 12.9. The van der Waals surface area contributed by atoms with Gasteiger partial charge in [0, 0.05) is 12.6 Å². The van der Waals surface area contributed by atoms with Gasteiger partial charge in [0.15, 0.2) is 0 Å². The van der Waals surface area contributed by atoms with Crippen LogP contribution in [0.1, 0.15) is 30.9 Å². The standard InChI is InChI=1S/C16H21F3N2O2/c1-11(20-15(23)21-8-4-6-13(21)10-22)9-12-5-2-3-7-14(12)16(17,18)19/h2-3,5,7,11,13,22H,4,6,8-10H2,1H3,(H,20,23)/t11?,13-/m1/s1. The van der Waals surface area contributed by atoms with Gasteiger partial charge in [0.05, 0.1) is 18.2 Å². The maximum absolute atomic E-state index is 13.0. The van der Waals surface area contributed by atoms with Gasteiger partial charge in [-0.2, -0.15) is 13.2 Å². The van der Waals surface area contributed by atoms with Gasteiger partial charge >= 0.3 is 12.2 Å². The molecule has 1 saturated heterocycles. The lowest BCUT2D eigenvalue weighted by Gasteiger charge is -2.26. The first kappa shape index (κ1) is 17.6. The number of nitrogens with zero attached hydrogens (tertiary/aromatic N) is 1. The number of carbonyl (C=O) groups excluding carboxylic acids is 1. The van der Waals surface area contributed by atoms with Crippen LogP contribution in [0.5, 0.6) is 0 Å². The predicted octanol–water partition coefficient (Wildman–Crippen LogP) is 2.80. The molecule has 7 heteroatoms. The quantitative estimate of drug-likeness (QED) is 0.892. The van der Waals surface area contributed by atoms with Crippen molar-refractivity contribution in [1.29, 1.82) is 0 Å². The Labute approximate surface area is 133 Å². The summed E-state index contributed by atoms with van der Waals surface area (Å²) in [6.45, 7) is 2.14. The third-order valence-corrected chi connectivity index (χ3v) is 4.07. The van der Waals surface area contributed by atoms with Crippen molar-refractivity contribution in [3.8, 4) is 0 Å². The second-order valence-electron chi connectivity index (χ2n) is 5.88. The molecule has 0 radical (unpaired) electrons. The first-order chi connectivity index (χ1) is 10.8. The molecule has 1 unspecified atom stereocenters. The molecular weight excluding hydrogens is 309 g/mol. The van der Waals surface area contributed by atoms with Crippen LogP contribution in [0.25, 0.3) is 0 Å². The molecule has 1 fully saturated rings. The molecule has 128 valence electrons. The number of hydrogen-bond donors (Lipinski definition) is 2. The fraction of sp³-hybridized carbons (Fsp3) is 0.562. The van der Waals surface area contributed by atoms with Crippen molar-refractivity contribution in [3.05, 3.63) is 35.4 Å². The monoisotopic (exact) mass is 330 g/mol. The third kappa shape index (κ3) is 4.37. The highest BCUT2D eigenvalue weighted by Crippen LogP contribution is 2.32. The molecule has 0 spiro atoms. The van der Waals surface area contributed by atoms with Crippen molar-refractivity contribution in [2.24, 2.45) is 0 Å². The Morgan fingerprint density at radius 1 is 1.43 bits per heavy atom. The molecule has 2 rings (SSSR count). The van der Waals surface area contributed by atoms with Gasteiger partial charge in [0.25, 0.3) is 0 Å². The SMILES string of the molecule is CC(Cc1ccccc1C(F)(F)F)NC(=O)N1CCC[C@@H]1CO. The van der Waals surface area contributed by atoms with Crippen molar-refractivity contribution >= 4 is 6.03 Å². The number of halogens is 3. The van der Waals surface area contributed by atoms with E-state index in [4.69, 9.17) is 0 Å². The number of urea groups is 1. The minimum absolute atomic E-state index is 0.0963. The van der Waals surface area contributed by atoms with E-state index in [9.17, 15) is 23.1 Å². The van der Waals surface area contributed by atoms with Crippen LogP contribution >= 0.6 is 0 Å². The predicted molar refractivity (Wildman–Crippen MR) is 80.0 cm³/mol. The van der Waals surface area contributed by atoms with Crippen LogP contribution in [0, 0.1) is 0 Å². The van der Waals surface area contributed by atoms with Gasteiger partial charge < -0.3 is 15.3 Å². The highest BCUT2D eigenvalue weighted by molar-refractivity contribution is 5.75. The molecule has 2 atom stereocenters. The fourth-order valence-corrected chi connectivity index (χ4v) is 2.94. The van der Waals surface area contributed by atoms with Crippen LogP contribution in [-0.4, -0.2) is 41.3 Å². The van der Waals surface area contributed by atoms with E-state index in [1.165, 1.54) is 12.1 Å². The number of hydrogen-bond acceptors (Lipinski definition) is 2. The van der Waals surface area contributed by atoms with E-state index in [2.05, 4.69) is 5.32 Å². The van der Waals surface area contributed by atoms with Gasteiger partial charge in [-0.15, -0.1) is 0 Å². The molecule has 2 amide bonds.